The van der Waals surface area contributed by atoms with Crippen LogP contribution in [0.15, 0.2) is 54.6 Å². The minimum atomic E-state index is -0.475. The Balaban J connectivity index is 1.79. The molecule has 0 aliphatic heterocycles. The van der Waals surface area contributed by atoms with Crippen molar-refractivity contribution in [2.45, 2.75) is 26.2 Å². The van der Waals surface area contributed by atoms with Crippen LogP contribution in [0, 0.1) is 0 Å². The Morgan fingerprint density at radius 1 is 1.07 bits per heavy atom. The number of aromatic nitrogens is 1. The molecule has 2 aromatic carbocycles. The summed E-state index contributed by atoms with van der Waals surface area (Å²) in [4.78, 5) is 29.7. The number of fused-ring (bicyclic) bond motifs is 2. The maximum atomic E-state index is 13.1. The van der Waals surface area contributed by atoms with Crippen LogP contribution in [0.25, 0.3) is 22.6 Å². The molecular weight excluding hydrogens is 376 g/mol. The van der Waals surface area contributed by atoms with Gasteiger partial charge in [-0.2, -0.15) is 0 Å². The van der Waals surface area contributed by atoms with Gasteiger partial charge in [-0.25, -0.2) is 9.78 Å². The molecule has 1 N–H and O–H groups in total. The predicted molar refractivity (Wildman–Crippen MR) is 118 cm³/mol. The number of hydrogen-bond donors (Lipinski definition) is 1. The SMILES string of the molecule is CCNC(=O)COC(=O)c1c2c(nc3ccccc13)/C(=C\c1ccccc1)CCC2. The normalized spacial score (nSPS) is 14.4. The third-order valence-corrected chi connectivity index (χ3v) is 5.22. The molecule has 3 aromatic rings. The van der Waals surface area contributed by atoms with E-state index in [1.807, 2.05) is 49.4 Å². The first-order valence-electron chi connectivity index (χ1n) is 10.3. The number of allylic oxidation sites excluding steroid dienone is 1. The van der Waals surface area contributed by atoms with Crippen molar-refractivity contribution in [3.63, 3.8) is 0 Å². The number of rotatable bonds is 5. The zero-order valence-electron chi connectivity index (χ0n) is 17.0. The van der Waals surface area contributed by atoms with E-state index in [0.29, 0.717) is 12.1 Å². The number of esters is 1. The summed E-state index contributed by atoms with van der Waals surface area (Å²) < 4.78 is 5.37. The lowest BCUT2D eigenvalue weighted by atomic mass is 9.86. The highest BCUT2D eigenvalue weighted by Crippen LogP contribution is 2.36. The van der Waals surface area contributed by atoms with Crippen LogP contribution in [0.4, 0.5) is 0 Å². The lowest BCUT2D eigenvalue weighted by Gasteiger charge is -2.22. The van der Waals surface area contributed by atoms with Gasteiger partial charge in [0.05, 0.1) is 16.8 Å². The Bertz CT molecular complexity index is 1120. The van der Waals surface area contributed by atoms with Crippen LogP contribution in [0.1, 0.15) is 46.9 Å². The summed E-state index contributed by atoms with van der Waals surface area (Å²) in [5, 5.41) is 3.41. The first-order valence-corrected chi connectivity index (χ1v) is 10.3. The fraction of sp³-hybridized carbons (Fsp3) is 0.240. The van der Waals surface area contributed by atoms with E-state index >= 15 is 0 Å². The Morgan fingerprint density at radius 3 is 2.63 bits per heavy atom. The topological polar surface area (TPSA) is 68.3 Å². The minimum Gasteiger partial charge on any atom is -0.452 e. The molecular formula is C25H24N2O3. The Morgan fingerprint density at radius 2 is 1.83 bits per heavy atom. The van der Waals surface area contributed by atoms with E-state index in [1.165, 1.54) is 0 Å². The van der Waals surface area contributed by atoms with E-state index in [1.54, 1.807) is 0 Å². The number of benzene rings is 2. The molecule has 0 saturated carbocycles. The molecule has 0 bridgehead atoms. The highest BCUT2D eigenvalue weighted by atomic mass is 16.5. The largest absolute Gasteiger partial charge is 0.452 e. The molecule has 30 heavy (non-hydrogen) atoms. The molecule has 1 heterocycles. The van der Waals surface area contributed by atoms with Gasteiger partial charge in [0, 0.05) is 11.9 Å². The average Bonchev–Trinajstić information content (AvgIpc) is 2.77. The van der Waals surface area contributed by atoms with Gasteiger partial charge in [-0.1, -0.05) is 48.5 Å². The summed E-state index contributed by atoms with van der Waals surface area (Å²) in [6, 6.07) is 17.7. The number of hydrogen-bond acceptors (Lipinski definition) is 4. The number of para-hydroxylation sites is 1. The smallest absolute Gasteiger partial charge is 0.339 e. The minimum absolute atomic E-state index is 0.287. The van der Waals surface area contributed by atoms with Crippen molar-refractivity contribution in [1.82, 2.24) is 10.3 Å². The molecule has 152 valence electrons. The van der Waals surface area contributed by atoms with Crippen LogP contribution < -0.4 is 5.32 Å². The Labute approximate surface area is 175 Å². The molecule has 4 rings (SSSR count). The molecule has 1 aromatic heterocycles. The van der Waals surface area contributed by atoms with Crippen LogP contribution in [0.3, 0.4) is 0 Å². The molecule has 0 unspecified atom stereocenters. The van der Waals surface area contributed by atoms with Gasteiger partial charge in [0.2, 0.25) is 0 Å². The highest BCUT2D eigenvalue weighted by Gasteiger charge is 2.26. The second-order valence-electron chi connectivity index (χ2n) is 7.29. The standard InChI is InChI=1S/C25H24N2O3/c1-2-26-22(28)16-30-25(29)23-19-12-6-7-14-21(19)27-24-18(11-8-13-20(23)24)15-17-9-4-3-5-10-17/h3-7,9-10,12,14-15H,2,8,11,13,16H2,1H3,(H,26,28)/b18-15-. The number of carbonyl (C=O) groups is 2. The summed E-state index contributed by atoms with van der Waals surface area (Å²) in [6.45, 7) is 2.04. The molecule has 1 aliphatic carbocycles. The Kier molecular flexibility index (Phi) is 5.89. The number of carbonyl (C=O) groups excluding carboxylic acids is 2. The number of amides is 1. The van der Waals surface area contributed by atoms with Gasteiger partial charge in [0.15, 0.2) is 6.61 Å². The van der Waals surface area contributed by atoms with Crippen molar-refractivity contribution in [2.24, 2.45) is 0 Å². The molecule has 0 saturated heterocycles. The third kappa shape index (κ3) is 4.10. The van der Waals surface area contributed by atoms with Crippen molar-refractivity contribution < 1.29 is 14.3 Å². The van der Waals surface area contributed by atoms with E-state index in [-0.39, 0.29) is 12.5 Å². The lowest BCUT2D eigenvalue weighted by Crippen LogP contribution is -2.28. The molecule has 0 radical (unpaired) electrons. The average molecular weight is 400 g/mol. The highest BCUT2D eigenvalue weighted by molar-refractivity contribution is 6.07. The molecule has 5 heteroatoms. The summed E-state index contributed by atoms with van der Waals surface area (Å²) in [7, 11) is 0. The summed E-state index contributed by atoms with van der Waals surface area (Å²) in [5.74, 6) is -0.778. The summed E-state index contributed by atoms with van der Waals surface area (Å²) in [6.07, 6.45) is 4.73. The molecule has 0 atom stereocenters. The van der Waals surface area contributed by atoms with E-state index in [4.69, 9.17) is 9.72 Å². The monoisotopic (exact) mass is 400 g/mol. The zero-order chi connectivity index (χ0) is 20.9. The van der Waals surface area contributed by atoms with Crippen LogP contribution in [0.2, 0.25) is 0 Å². The van der Waals surface area contributed by atoms with E-state index in [2.05, 4.69) is 23.5 Å². The maximum Gasteiger partial charge on any atom is 0.339 e. The number of nitrogens with one attached hydrogen (secondary N) is 1. The number of pyridine rings is 1. The summed E-state index contributed by atoms with van der Waals surface area (Å²) >= 11 is 0. The Hall–Kier alpha value is -3.47. The lowest BCUT2D eigenvalue weighted by molar-refractivity contribution is -0.124. The molecule has 0 fully saturated rings. The van der Waals surface area contributed by atoms with Crippen molar-refractivity contribution in [1.29, 1.82) is 0 Å². The van der Waals surface area contributed by atoms with Gasteiger partial charge >= 0.3 is 5.97 Å². The van der Waals surface area contributed by atoms with Gasteiger partial charge < -0.3 is 10.1 Å². The second kappa shape index (κ2) is 8.91. The maximum absolute atomic E-state index is 13.1. The van der Waals surface area contributed by atoms with Gasteiger partial charge in [-0.05, 0) is 55.0 Å². The van der Waals surface area contributed by atoms with Crippen LogP contribution >= 0.6 is 0 Å². The zero-order valence-corrected chi connectivity index (χ0v) is 17.0. The summed E-state index contributed by atoms with van der Waals surface area (Å²) in [5.41, 5.74) is 5.26. The van der Waals surface area contributed by atoms with Crippen molar-refractivity contribution in [2.75, 3.05) is 13.2 Å². The van der Waals surface area contributed by atoms with Gasteiger partial charge in [-0.15, -0.1) is 0 Å². The van der Waals surface area contributed by atoms with Crippen LogP contribution in [0.5, 0.6) is 0 Å². The van der Waals surface area contributed by atoms with Crippen molar-refractivity contribution in [3.8, 4) is 0 Å². The third-order valence-electron chi connectivity index (χ3n) is 5.22. The number of likely N-dealkylation sites (N-methyl/N-ethyl adjacent to an activating group) is 1. The van der Waals surface area contributed by atoms with E-state index < -0.39 is 5.97 Å². The molecule has 1 aliphatic rings. The molecule has 1 amide bonds. The number of nitrogens with zero attached hydrogens (tertiary/aromatic N) is 1. The second-order valence-corrected chi connectivity index (χ2v) is 7.29. The van der Waals surface area contributed by atoms with E-state index in [9.17, 15) is 9.59 Å². The van der Waals surface area contributed by atoms with Crippen LogP contribution in [-0.4, -0.2) is 30.0 Å². The first-order chi connectivity index (χ1) is 14.7. The van der Waals surface area contributed by atoms with Crippen molar-refractivity contribution >= 4 is 34.4 Å². The van der Waals surface area contributed by atoms with E-state index in [0.717, 1.165) is 52.6 Å². The predicted octanol–water partition coefficient (Wildman–Crippen LogP) is 4.40. The quantitative estimate of drug-likeness (QED) is 0.645. The van der Waals surface area contributed by atoms with Gasteiger partial charge in [0.1, 0.15) is 0 Å². The number of ether oxygens (including phenoxy) is 1. The van der Waals surface area contributed by atoms with Crippen molar-refractivity contribution in [3.05, 3.63) is 77.0 Å². The molecule has 0 spiro atoms. The first kappa shape index (κ1) is 19.8. The fourth-order valence-electron chi connectivity index (χ4n) is 3.91. The van der Waals surface area contributed by atoms with Crippen LogP contribution in [-0.2, 0) is 16.0 Å². The molecule has 5 nitrogen and oxygen atoms in total. The fourth-order valence-corrected chi connectivity index (χ4v) is 3.91. The van der Waals surface area contributed by atoms with Gasteiger partial charge in [0.25, 0.3) is 5.91 Å². The van der Waals surface area contributed by atoms with Gasteiger partial charge in [-0.3, -0.25) is 4.79 Å².